The van der Waals surface area contributed by atoms with Gasteiger partial charge in [0.1, 0.15) is 0 Å². The van der Waals surface area contributed by atoms with Crippen molar-refractivity contribution in [3.63, 3.8) is 0 Å². The maximum absolute atomic E-state index is 3.55. The highest BCUT2D eigenvalue weighted by molar-refractivity contribution is 4.74. The van der Waals surface area contributed by atoms with E-state index < -0.39 is 0 Å². The minimum absolute atomic E-state index is 0.755. The van der Waals surface area contributed by atoms with E-state index in [1.807, 2.05) is 0 Å². The second-order valence-corrected chi connectivity index (χ2v) is 3.33. The van der Waals surface area contributed by atoms with E-state index in [1.165, 1.54) is 25.9 Å². The molecular formula is C9H21N3. The maximum atomic E-state index is 3.55. The van der Waals surface area contributed by atoms with Gasteiger partial charge in [-0.2, -0.15) is 0 Å². The van der Waals surface area contributed by atoms with Crippen LogP contribution in [0.1, 0.15) is 19.8 Å². The fourth-order valence-corrected chi connectivity index (χ4v) is 1.57. The predicted molar refractivity (Wildman–Crippen MR) is 52.4 cm³/mol. The molecule has 1 aliphatic heterocycles. The summed E-state index contributed by atoms with van der Waals surface area (Å²) in [4.78, 5) is 0. The molecule has 0 aromatic rings. The highest BCUT2D eigenvalue weighted by Gasteiger charge is 2.10. The van der Waals surface area contributed by atoms with Gasteiger partial charge in [-0.15, -0.1) is 0 Å². The lowest BCUT2D eigenvalue weighted by Gasteiger charge is -2.23. The van der Waals surface area contributed by atoms with E-state index in [0.717, 1.165) is 25.7 Å². The van der Waals surface area contributed by atoms with Crippen molar-refractivity contribution in [2.75, 3.05) is 32.7 Å². The van der Waals surface area contributed by atoms with Crippen molar-refractivity contribution in [1.82, 2.24) is 16.0 Å². The highest BCUT2D eigenvalue weighted by atomic mass is 15.0. The predicted octanol–water partition coefficient (Wildman–Crippen LogP) is -0.0625. The third kappa shape index (κ3) is 4.04. The fourth-order valence-electron chi connectivity index (χ4n) is 1.57. The first-order valence-electron chi connectivity index (χ1n) is 5.08. The Morgan fingerprint density at radius 3 is 2.67 bits per heavy atom. The van der Waals surface area contributed by atoms with E-state index in [0.29, 0.717) is 0 Å². The van der Waals surface area contributed by atoms with Gasteiger partial charge in [-0.05, 0) is 32.5 Å². The summed E-state index contributed by atoms with van der Waals surface area (Å²) in [7, 11) is 0. The highest BCUT2D eigenvalue weighted by Crippen LogP contribution is 2.00. The second-order valence-electron chi connectivity index (χ2n) is 3.33. The molecule has 0 atom stereocenters. The molecule has 0 spiro atoms. The number of piperidine rings is 1. The van der Waals surface area contributed by atoms with Gasteiger partial charge in [-0.1, -0.05) is 6.92 Å². The van der Waals surface area contributed by atoms with Gasteiger partial charge in [0.2, 0.25) is 0 Å². The molecule has 1 saturated heterocycles. The number of rotatable bonds is 5. The Bertz CT molecular complexity index is 99.9. The van der Waals surface area contributed by atoms with Crippen LogP contribution in [0.25, 0.3) is 0 Å². The summed E-state index contributed by atoms with van der Waals surface area (Å²) in [6.07, 6.45) is 2.57. The van der Waals surface area contributed by atoms with Crippen LogP contribution >= 0.6 is 0 Å². The molecule has 0 aliphatic carbocycles. The van der Waals surface area contributed by atoms with Crippen molar-refractivity contribution in [3.8, 4) is 0 Å². The van der Waals surface area contributed by atoms with Crippen LogP contribution in [0.2, 0.25) is 0 Å². The Kier molecular flexibility index (Phi) is 5.32. The summed E-state index contributed by atoms with van der Waals surface area (Å²) in [6.45, 7) is 7.79. The lowest BCUT2D eigenvalue weighted by Crippen LogP contribution is -2.42. The Labute approximate surface area is 75.3 Å². The second kappa shape index (κ2) is 6.40. The van der Waals surface area contributed by atoms with Gasteiger partial charge in [-0.25, -0.2) is 0 Å². The van der Waals surface area contributed by atoms with Crippen LogP contribution in [0.4, 0.5) is 0 Å². The van der Waals surface area contributed by atoms with E-state index >= 15 is 0 Å². The van der Waals surface area contributed by atoms with Gasteiger partial charge >= 0.3 is 0 Å². The number of hydrogen-bond donors (Lipinski definition) is 3. The van der Waals surface area contributed by atoms with Crippen molar-refractivity contribution >= 4 is 0 Å². The van der Waals surface area contributed by atoms with Crippen LogP contribution in [0, 0.1) is 0 Å². The standard InChI is InChI=1S/C9H21N3/c1-2-10-7-8-12-9-3-5-11-6-4-9/h9-12H,2-8H2,1H3. The van der Waals surface area contributed by atoms with E-state index in [2.05, 4.69) is 22.9 Å². The van der Waals surface area contributed by atoms with Crippen molar-refractivity contribution in [1.29, 1.82) is 0 Å². The summed E-state index contributed by atoms with van der Waals surface area (Å²) in [6, 6.07) is 0.755. The SMILES string of the molecule is CCNCCNC1CCNCC1. The number of hydrogen-bond acceptors (Lipinski definition) is 3. The largest absolute Gasteiger partial charge is 0.317 e. The van der Waals surface area contributed by atoms with E-state index in [1.54, 1.807) is 0 Å². The third-order valence-electron chi connectivity index (χ3n) is 2.32. The van der Waals surface area contributed by atoms with Gasteiger partial charge in [0.05, 0.1) is 0 Å². The molecule has 1 heterocycles. The average molecular weight is 171 g/mol. The molecule has 0 saturated carbocycles. The smallest absolute Gasteiger partial charge is 0.00917 e. The Morgan fingerprint density at radius 1 is 1.25 bits per heavy atom. The van der Waals surface area contributed by atoms with Crippen LogP contribution < -0.4 is 16.0 Å². The van der Waals surface area contributed by atoms with Gasteiger partial charge in [0, 0.05) is 19.1 Å². The summed E-state index contributed by atoms with van der Waals surface area (Å²) in [5, 5.41) is 10.2. The van der Waals surface area contributed by atoms with E-state index in [4.69, 9.17) is 0 Å². The summed E-state index contributed by atoms with van der Waals surface area (Å²) in [5.74, 6) is 0. The van der Waals surface area contributed by atoms with Gasteiger partial charge < -0.3 is 16.0 Å². The Morgan fingerprint density at radius 2 is 2.00 bits per heavy atom. The first-order valence-corrected chi connectivity index (χ1v) is 5.08. The topological polar surface area (TPSA) is 36.1 Å². The zero-order valence-corrected chi connectivity index (χ0v) is 8.03. The molecule has 12 heavy (non-hydrogen) atoms. The molecule has 0 aromatic carbocycles. The van der Waals surface area contributed by atoms with Crippen LogP contribution in [0.15, 0.2) is 0 Å². The van der Waals surface area contributed by atoms with Crippen LogP contribution in [0.3, 0.4) is 0 Å². The molecule has 72 valence electrons. The fraction of sp³-hybridized carbons (Fsp3) is 1.00. The van der Waals surface area contributed by atoms with E-state index in [-0.39, 0.29) is 0 Å². The normalized spacial score (nSPS) is 19.8. The van der Waals surface area contributed by atoms with Crippen LogP contribution in [-0.2, 0) is 0 Å². The minimum atomic E-state index is 0.755. The quantitative estimate of drug-likeness (QED) is 0.507. The molecule has 0 aromatic heterocycles. The Balaban J connectivity index is 1.91. The van der Waals surface area contributed by atoms with Gasteiger partial charge in [0.25, 0.3) is 0 Å². The zero-order valence-electron chi connectivity index (χ0n) is 8.03. The molecular weight excluding hydrogens is 150 g/mol. The first-order chi connectivity index (χ1) is 5.93. The molecule has 1 fully saturated rings. The summed E-state index contributed by atoms with van der Waals surface area (Å²) >= 11 is 0. The first kappa shape index (κ1) is 9.96. The Hall–Kier alpha value is -0.120. The molecule has 0 bridgehead atoms. The van der Waals surface area contributed by atoms with Crippen LogP contribution in [-0.4, -0.2) is 38.8 Å². The molecule has 0 amide bonds. The average Bonchev–Trinajstić information content (AvgIpc) is 2.14. The molecule has 0 radical (unpaired) electrons. The number of likely N-dealkylation sites (N-methyl/N-ethyl adjacent to an activating group) is 1. The summed E-state index contributed by atoms with van der Waals surface area (Å²) in [5.41, 5.74) is 0. The lowest BCUT2D eigenvalue weighted by molar-refractivity contribution is 0.387. The maximum Gasteiger partial charge on any atom is 0.00917 e. The van der Waals surface area contributed by atoms with Gasteiger partial charge in [-0.3, -0.25) is 0 Å². The zero-order chi connectivity index (χ0) is 8.65. The monoisotopic (exact) mass is 171 g/mol. The summed E-state index contributed by atoms with van der Waals surface area (Å²) < 4.78 is 0. The molecule has 0 unspecified atom stereocenters. The molecule has 3 nitrogen and oxygen atoms in total. The van der Waals surface area contributed by atoms with Crippen molar-refractivity contribution in [2.45, 2.75) is 25.8 Å². The van der Waals surface area contributed by atoms with Crippen LogP contribution in [0.5, 0.6) is 0 Å². The van der Waals surface area contributed by atoms with Crippen molar-refractivity contribution in [3.05, 3.63) is 0 Å². The van der Waals surface area contributed by atoms with E-state index in [9.17, 15) is 0 Å². The molecule has 3 heteroatoms. The van der Waals surface area contributed by atoms with Crippen molar-refractivity contribution in [2.24, 2.45) is 0 Å². The molecule has 1 rings (SSSR count). The lowest BCUT2D eigenvalue weighted by atomic mass is 10.1. The third-order valence-corrected chi connectivity index (χ3v) is 2.32. The number of nitrogens with one attached hydrogen (secondary N) is 3. The molecule has 1 aliphatic rings. The molecule has 3 N–H and O–H groups in total. The van der Waals surface area contributed by atoms with Crippen molar-refractivity contribution < 1.29 is 0 Å². The van der Waals surface area contributed by atoms with Gasteiger partial charge in [0.15, 0.2) is 0 Å². The minimum Gasteiger partial charge on any atom is -0.317 e.